The van der Waals surface area contributed by atoms with E-state index in [1.54, 1.807) is 38.1 Å². The highest BCUT2D eigenvalue weighted by molar-refractivity contribution is 7.89. The molecule has 1 heterocycles. The van der Waals surface area contributed by atoms with Crippen molar-refractivity contribution >= 4 is 44.8 Å². The van der Waals surface area contributed by atoms with Crippen LogP contribution in [0.2, 0.25) is 5.02 Å². The number of benzene rings is 2. The number of ether oxygens (including phenoxy) is 1. The van der Waals surface area contributed by atoms with Gasteiger partial charge < -0.3 is 15.0 Å². The third-order valence-electron chi connectivity index (χ3n) is 5.39. The van der Waals surface area contributed by atoms with Crippen molar-refractivity contribution in [3.63, 3.8) is 0 Å². The van der Waals surface area contributed by atoms with E-state index in [4.69, 9.17) is 16.3 Å². The third kappa shape index (κ3) is 4.90. The Hall–Kier alpha value is -2.62. The lowest BCUT2D eigenvalue weighted by molar-refractivity contribution is -0.122. The average molecular weight is 480 g/mol. The fourth-order valence-corrected chi connectivity index (χ4v) is 5.34. The summed E-state index contributed by atoms with van der Waals surface area (Å²) in [5.41, 5.74) is 0.863. The fraction of sp³-hybridized carbons (Fsp3) is 0.364. The first-order valence-corrected chi connectivity index (χ1v) is 12.1. The highest BCUT2D eigenvalue weighted by Gasteiger charge is 2.35. The topological polar surface area (TPSA) is 96.0 Å². The van der Waals surface area contributed by atoms with E-state index in [0.29, 0.717) is 29.5 Å². The van der Waals surface area contributed by atoms with E-state index in [2.05, 4.69) is 5.32 Å². The predicted octanol–water partition coefficient (Wildman–Crippen LogP) is 3.37. The number of rotatable bonds is 8. The molecule has 1 fully saturated rings. The Bertz CT molecular complexity index is 1120. The Morgan fingerprint density at radius 1 is 1.22 bits per heavy atom. The van der Waals surface area contributed by atoms with Crippen LogP contribution >= 0.6 is 11.6 Å². The van der Waals surface area contributed by atoms with Crippen LogP contribution in [0, 0.1) is 5.92 Å². The Balaban J connectivity index is 1.82. The number of hydrogen-bond donors (Lipinski definition) is 1. The second-order valence-electron chi connectivity index (χ2n) is 7.33. The van der Waals surface area contributed by atoms with Crippen LogP contribution in [0.1, 0.15) is 20.3 Å². The number of methoxy groups -OCH3 is 1. The second kappa shape index (κ2) is 9.89. The lowest BCUT2D eigenvalue weighted by atomic mass is 10.1. The first kappa shape index (κ1) is 24.0. The number of halogens is 1. The standard InChI is InChI=1S/C22H26ClN3O5S/c1-4-25(5-2)32(29,30)18-9-10-20(31-3)19(13-18)24-22(28)15-11-21(27)26(14-15)17-8-6-7-16(23)12-17/h6-10,12-13,15H,4-5,11,14H2,1-3H3,(H,24,28). The molecule has 172 valence electrons. The van der Waals surface area contributed by atoms with Crippen molar-refractivity contribution in [1.29, 1.82) is 0 Å². The summed E-state index contributed by atoms with van der Waals surface area (Å²) >= 11 is 6.02. The van der Waals surface area contributed by atoms with E-state index < -0.39 is 21.8 Å². The molecule has 2 amide bonds. The van der Waals surface area contributed by atoms with Crippen molar-refractivity contribution in [2.45, 2.75) is 25.2 Å². The summed E-state index contributed by atoms with van der Waals surface area (Å²) in [4.78, 5) is 27.0. The molecule has 10 heteroatoms. The summed E-state index contributed by atoms with van der Waals surface area (Å²) in [5, 5.41) is 3.24. The largest absolute Gasteiger partial charge is 0.495 e. The molecule has 8 nitrogen and oxygen atoms in total. The number of anilines is 2. The molecule has 1 unspecified atom stereocenters. The maximum atomic E-state index is 12.9. The normalized spacial score (nSPS) is 16.5. The van der Waals surface area contributed by atoms with Gasteiger partial charge >= 0.3 is 0 Å². The maximum Gasteiger partial charge on any atom is 0.243 e. The highest BCUT2D eigenvalue weighted by Crippen LogP contribution is 2.31. The lowest BCUT2D eigenvalue weighted by Crippen LogP contribution is -2.31. The van der Waals surface area contributed by atoms with Crippen molar-refractivity contribution in [3.05, 3.63) is 47.5 Å². The molecule has 2 aromatic carbocycles. The molecule has 1 saturated heterocycles. The van der Waals surface area contributed by atoms with Crippen LogP contribution in [0.15, 0.2) is 47.4 Å². The molecule has 2 aromatic rings. The van der Waals surface area contributed by atoms with Crippen molar-refractivity contribution in [2.24, 2.45) is 5.92 Å². The third-order valence-corrected chi connectivity index (χ3v) is 7.67. The smallest absolute Gasteiger partial charge is 0.243 e. The molecule has 1 aliphatic heterocycles. The zero-order valence-corrected chi connectivity index (χ0v) is 19.7. The van der Waals surface area contributed by atoms with E-state index in [1.165, 1.54) is 34.5 Å². The molecule has 0 bridgehead atoms. The summed E-state index contributed by atoms with van der Waals surface area (Å²) in [6, 6.07) is 11.2. The second-order valence-corrected chi connectivity index (χ2v) is 9.70. The van der Waals surface area contributed by atoms with Crippen molar-refractivity contribution in [2.75, 3.05) is 37.0 Å². The van der Waals surface area contributed by atoms with E-state index in [1.807, 2.05) is 0 Å². The number of amides is 2. The Morgan fingerprint density at radius 2 is 1.94 bits per heavy atom. The maximum absolute atomic E-state index is 12.9. The predicted molar refractivity (Wildman–Crippen MR) is 124 cm³/mol. The molecule has 0 aliphatic carbocycles. The van der Waals surface area contributed by atoms with Gasteiger partial charge in [0.2, 0.25) is 21.8 Å². The van der Waals surface area contributed by atoms with Crippen LogP contribution in [0.25, 0.3) is 0 Å². The van der Waals surface area contributed by atoms with Gasteiger partial charge in [0, 0.05) is 36.8 Å². The molecule has 0 aromatic heterocycles. The molecule has 0 radical (unpaired) electrons. The van der Waals surface area contributed by atoms with Gasteiger partial charge in [-0.1, -0.05) is 31.5 Å². The molecule has 32 heavy (non-hydrogen) atoms. The van der Waals surface area contributed by atoms with Crippen LogP contribution in [-0.2, 0) is 19.6 Å². The van der Waals surface area contributed by atoms with Gasteiger partial charge in [0.05, 0.1) is 23.6 Å². The van der Waals surface area contributed by atoms with Crippen molar-refractivity contribution in [3.8, 4) is 5.75 Å². The molecule has 1 aliphatic rings. The average Bonchev–Trinajstić information content (AvgIpc) is 3.16. The zero-order chi connectivity index (χ0) is 23.5. The Labute approximate surface area is 193 Å². The minimum Gasteiger partial charge on any atom is -0.495 e. The summed E-state index contributed by atoms with van der Waals surface area (Å²) < 4.78 is 32.4. The number of nitrogens with one attached hydrogen (secondary N) is 1. The zero-order valence-electron chi connectivity index (χ0n) is 18.2. The molecule has 3 rings (SSSR count). The van der Waals surface area contributed by atoms with E-state index >= 15 is 0 Å². The van der Waals surface area contributed by atoms with E-state index in [0.717, 1.165) is 0 Å². The summed E-state index contributed by atoms with van der Waals surface area (Å²) in [6.45, 7) is 4.38. The van der Waals surface area contributed by atoms with Gasteiger partial charge in [-0.05, 0) is 36.4 Å². The van der Waals surface area contributed by atoms with E-state index in [-0.39, 0.29) is 29.5 Å². The first-order valence-electron chi connectivity index (χ1n) is 10.3. The number of nitrogens with zero attached hydrogens (tertiary/aromatic N) is 2. The molecule has 1 N–H and O–H groups in total. The molecular weight excluding hydrogens is 454 g/mol. The minimum absolute atomic E-state index is 0.0398. The van der Waals surface area contributed by atoms with Crippen LogP contribution in [0.4, 0.5) is 11.4 Å². The first-order chi connectivity index (χ1) is 15.2. The van der Waals surface area contributed by atoms with Gasteiger partial charge in [-0.15, -0.1) is 0 Å². The van der Waals surface area contributed by atoms with Gasteiger partial charge in [0.15, 0.2) is 0 Å². The van der Waals surface area contributed by atoms with Crippen LogP contribution < -0.4 is 15.0 Å². The number of carbonyl (C=O) groups is 2. The molecule has 0 spiro atoms. The summed E-state index contributed by atoms with van der Waals surface area (Å²) in [6.07, 6.45) is 0.0398. The highest BCUT2D eigenvalue weighted by atomic mass is 35.5. The fourth-order valence-electron chi connectivity index (χ4n) is 3.67. The number of hydrogen-bond acceptors (Lipinski definition) is 5. The van der Waals surface area contributed by atoms with Gasteiger partial charge in [-0.3, -0.25) is 9.59 Å². The number of carbonyl (C=O) groups excluding carboxylic acids is 2. The van der Waals surface area contributed by atoms with Crippen molar-refractivity contribution in [1.82, 2.24) is 4.31 Å². The van der Waals surface area contributed by atoms with Gasteiger partial charge in [0.25, 0.3) is 0 Å². The summed E-state index contributed by atoms with van der Waals surface area (Å²) in [7, 11) is -2.28. The summed E-state index contributed by atoms with van der Waals surface area (Å²) in [5.74, 6) is -0.849. The van der Waals surface area contributed by atoms with Gasteiger partial charge in [-0.25, -0.2) is 8.42 Å². The molecule has 1 atom stereocenters. The van der Waals surface area contributed by atoms with Crippen LogP contribution in [0.3, 0.4) is 0 Å². The molecule has 0 saturated carbocycles. The monoisotopic (exact) mass is 479 g/mol. The minimum atomic E-state index is -3.71. The van der Waals surface area contributed by atoms with Gasteiger partial charge in [0.1, 0.15) is 5.75 Å². The van der Waals surface area contributed by atoms with Crippen LogP contribution in [-0.4, -0.2) is 51.3 Å². The van der Waals surface area contributed by atoms with E-state index in [9.17, 15) is 18.0 Å². The SMILES string of the molecule is CCN(CC)S(=O)(=O)c1ccc(OC)c(NC(=O)C2CC(=O)N(c3cccc(Cl)c3)C2)c1. The Kier molecular flexibility index (Phi) is 7.43. The van der Waals surface area contributed by atoms with Crippen LogP contribution in [0.5, 0.6) is 5.75 Å². The molecular formula is C22H26ClN3O5S. The lowest BCUT2D eigenvalue weighted by Gasteiger charge is -2.20. The Morgan fingerprint density at radius 3 is 2.56 bits per heavy atom. The van der Waals surface area contributed by atoms with Gasteiger partial charge in [-0.2, -0.15) is 4.31 Å². The number of sulfonamides is 1. The quantitative estimate of drug-likeness (QED) is 0.626. The van der Waals surface area contributed by atoms with Crippen molar-refractivity contribution < 1.29 is 22.7 Å².